The van der Waals surface area contributed by atoms with Crippen LogP contribution in [-0.2, 0) is 39.7 Å². The van der Waals surface area contributed by atoms with Gasteiger partial charge in [0.2, 0.25) is 0 Å². The van der Waals surface area contributed by atoms with Crippen molar-refractivity contribution in [2.75, 3.05) is 0 Å². The van der Waals surface area contributed by atoms with E-state index in [1.54, 1.807) is 13.8 Å². The number of carbonyl (C=O) groups excluding carboxylic acids is 2. The van der Waals surface area contributed by atoms with Crippen molar-refractivity contribution in [3.05, 3.63) is 169 Å². The van der Waals surface area contributed by atoms with Crippen LogP contribution in [0, 0.1) is 0 Å². The number of rotatable bonds is 10. The summed E-state index contributed by atoms with van der Waals surface area (Å²) < 4.78 is 26.5. The Bertz CT molecular complexity index is 1370. The molecule has 0 spiro atoms. The Labute approximate surface area is 252 Å². The first-order chi connectivity index (χ1) is 20.8. The second kappa shape index (κ2) is 12.2. The van der Waals surface area contributed by atoms with Gasteiger partial charge in [-0.15, -0.1) is 0 Å². The molecule has 218 valence electrons. The largest absolute Gasteiger partial charge is 0.443 e. The van der Waals surface area contributed by atoms with E-state index in [2.05, 4.69) is 13.2 Å². The molecule has 43 heavy (non-hydrogen) atoms. The zero-order valence-electron chi connectivity index (χ0n) is 24.2. The Morgan fingerprint density at radius 1 is 0.581 bits per heavy atom. The Morgan fingerprint density at radius 3 is 1.07 bits per heavy atom. The summed E-state index contributed by atoms with van der Waals surface area (Å²) in [5.41, 5.74) is -0.588. The average Bonchev–Trinajstić information content (AvgIpc) is 3.39. The second-order valence-corrected chi connectivity index (χ2v) is 10.7. The number of hydrogen-bond acceptors (Lipinski definition) is 6. The summed E-state index contributed by atoms with van der Waals surface area (Å²) in [6, 6.07) is 37.4. The smallest absolute Gasteiger partial charge is 0.331 e. The highest BCUT2D eigenvalue weighted by atomic mass is 16.8. The molecule has 5 rings (SSSR count). The van der Waals surface area contributed by atoms with Crippen molar-refractivity contribution < 1.29 is 28.5 Å². The summed E-state index contributed by atoms with van der Waals surface area (Å²) in [5.74, 6) is -2.51. The molecular weight excluding hydrogens is 540 g/mol. The third-order valence-corrected chi connectivity index (χ3v) is 7.56. The van der Waals surface area contributed by atoms with Crippen molar-refractivity contribution in [3.8, 4) is 0 Å². The van der Waals surface area contributed by atoms with Gasteiger partial charge in [-0.3, -0.25) is 0 Å². The van der Waals surface area contributed by atoms with E-state index >= 15 is 0 Å². The van der Waals surface area contributed by atoms with Crippen molar-refractivity contribution in [2.45, 2.75) is 43.0 Å². The predicted molar refractivity (Wildman–Crippen MR) is 164 cm³/mol. The van der Waals surface area contributed by atoms with Gasteiger partial charge in [-0.1, -0.05) is 134 Å². The third-order valence-electron chi connectivity index (χ3n) is 7.56. The van der Waals surface area contributed by atoms with Gasteiger partial charge in [0, 0.05) is 34.4 Å². The SMILES string of the molecule is C=CC(=O)OC(c1ccccc1)(c1ccccc1)C1OC(C)(C)O[C@H]1C(OC(=O)C=C)(c1ccccc1)c1ccccc1. The van der Waals surface area contributed by atoms with E-state index < -0.39 is 41.1 Å². The molecule has 0 aromatic heterocycles. The molecule has 2 atom stereocenters. The number of hydrogen-bond donors (Lipinski definition) is 0. The standard InChI is InChI=1S/C37H34O6/c1-5-31(38)40-36(27-19-11-7-12-20-27,28-21-13-8-14-22-28)33-34(43-35(3,4)42-33)37(41-32(39)6-2,29-23-15-9-16-24-29)30-25-17-10-18-26-30/h5-26,33-34H,1-2H2,3-4H3/t33-,34?/m1/s1. The molecule has 0 saturated carbocycles. The third kappa shape index (κ3) is 5.55. The average molecular weight is 575 g/mol. The molecule has 1 unspecified atom stereocenters. The summed E-state index contributed by atoms with van der Waals surface area (Å²) in [4.78, 5) is 26.6. The first-order valence-electron chi connectivity index (χ1n) is 14.1. The molecule has 1 aliphatic rings. The lowest BCUT2D eigenvalue weighted by Gasteiger charge is -2.45. The van der Waals surface area contributed by atoms with Crippen molar-refractivity contribution in [3.63, 3.8) is 0 Å². The van der Waals surface area contributed by atoms with Crippen LogP contribution in [0.25, 0.3) is 0 Å². The van der Waals surface area contributed by atoms with E-state index in [1.807, 2.05) is 121 Å². The lowest BCUT2D eigenvalue weighted by Crippen LogP contribution is -2.57. The zero-order chi connectivity index (χ0) is 30.5. The van der Waals surface area contributed by atoms with Gasteiger partial charge in [0.1, 0.15) is 12.2 Å². The van der Waals surface area contributed by atoms with Gasteiger partial charge in [-0.05, 0) is 13.8 Å². The van der Waals surface area contributed by atoms with Crippen molar-refractivity contribution >= 4 is 11.9 Å². The molecule has 6 nitrogen and oxygen atoms in total. The Morgan fingerprint density at radius 2 is 0.837 bits per heavy atom. The van der Waals surface area contributed by atoms with Crippen molar-refractivity contribution in [2.24, 2.45) is 0 Å². The molecule has 4 aromatic carbocycles. The number of carbonyl (C=O) groups is 2. The highest BCUT2D eigenvalue weighted by Crippen LogP contribution is 2.53. The molecule has 4 aromatic rings. The Balaban J connectivity index is 1.90. The van der Waals surface area contributed by atoms with Crippen molar-refractivity contribution in [1.82, 2.24) is 0 Å². The van der Waals surface area contributed by atoms with Gasteiger partial charge < -0.3 is 18.9 Å². The maximum atomic E-state index is 13.3. The van der Waals surface area contributed by atoms with Crippen LogP contribution in [0.5, 0.6) is 0 Å². The van der Waals surface area contributed by atoms with Crippen LogP contribution >= 0.6 is 0 Å². The zero-order valence-corrected chi connectivity index (χ0v) is 24.2. The summed E-state index contributed by atoms with van der Waals surface area (Å²) in [6.45, 7) is 10.9. The van der Waals surface area contributed by atoms with Crippen LogP contribution in [0.1, 0.15) is 36.1 Å². The number of esters is 2. The van der Waals surface area contributed by atoms with Crippen LogP contribution in [0.4, 0.5) is 0 Å². The minimum absolute atomic E-state index is 0.637. The molecule has 1 fully saturated rings. The fourth-order valence-electron chi connectivity index (χ4n) is 5.84. The molecule has 0 N–H and O–H groups in total. The topological polar surface area (TPSA) is 71.1 Å². The fraction of sp³-hybridized carbons (Fsp3) is 0.189. The van der Waals surface area contributed by atoms with Crippen LogP contribution < -0.4 is 0 Å². The van der Waals surface area contributed by atoms with Crippen LogP contribution in [-0.4, -0.2) is 29.9 Å². The minimum Gasteiger partial charge on any atom is -0.443 e. The van der Waals surface area contributed by atoms with E-state index in [-0.39, 0.29) is 0 Å². The van der Waals surface area contributed by atoms with E-state index in [0.29, 0.717) is 22.3 Å². The van der Waals surface area contributed by atoms with Gasteiger partial charge in [-0.2, -0.15) is 0 Å². The highest BCUT2D eigenvalue weighted by molar-refractivity contribution is 5.83. The summed E-state index contributed by atoms with van der Waals surface area (Å²) >= 11 is 0. The van der Waals surface area contributed by atoms with Crippen LogP contribution in [0.3, 0.4) is 0 Å². The van der Waals surface area contributed by atoms with Gasteiger partial charge >= 0.3 is 11.9 Å². The Kier molecular flexibility index (Phi) is 8.44. The molecule has 0 amide bonds. The Hall–Kier alpha value is -4.78. The number of benzene rings is 4. The summed E-state index contributed by atoms with van der Waals surface area (Å²) in [7, 11) is 0. The molecule has 1 aliphatic heterocycles. The fourth-order valence-corrected chi connectivity index (χ4v) is 5.84. The summed E-state index contributed by atoms with van der Waals surface area (Å²) in [6.07, 6.45) is 0.148. The first kappa shape index (κ1) is 29.7. The minimum atomic E-state index is -1.57. The normalized spacial score (nSPS) is 17.9. The molecular formula is C37H34O6. The molecule has 0 radical (unpaired) electrons. The summed E-state index contributed by atoms with van der Waals surface area (Å²) in [5, 5.41) is 0. The van der Waals surface area contributed by atoms with E-state index in [0.717, 1.165) is 12.2 Å². The van der Waals surface area contributed by atoms with Gasteiger partial charge in [-0.25, -0.2) is 9.59 Å². The maximum Gasteiger partial charge on any atom is 0.331 e. The van der Waals surface area contributed by atoms with Crippen LogP contribution in [0.2, 0.25) is 0 Å². The van der Waals surface area contributed by atoms with Gasteiger partial charge in [0.05, 0.1) is 0 Å². The predicted octanol–water partition coefficient (Wildman–Crippen LogP) is 6.85. The number of ether oxygens (including phenoxy) is 4. The first-order valence-corrected chi connectivity index (χ1v) is 14.1. The maximum absolute atomic E-state index is 13.3. The van der Waals surface area contributed by atoms with Crippen LogP contribution in [0.15, 0.2) is 147 Å². The lowest BCUT2D eigenvalue weighted by molar-refractivity contribution is -0.185. The highest BCUT2D eigenvalue weighted by Gasteiger charge is 2.65. The molecule has 0 aliphatic carbocycles. The van der Waals surface area contributed by atoms with E-state index in [4.69, 9.17) is 18.9 Å². The molecule has 6 heteroatoms. The molecule has 0 bridgehead atoms. The molecule has 1 saturated heterocycles. The van der Waals surface area contributed by atoms with Gasteiger partial charge in [0.25, 0.3) is 0 Å². The van der Waals surface area contributed by atoms with Gasteiger partial charge in [0.15, 0.2) is 17.0 Å². The molecule has 1 heterocycles. The van der Waals surface area contributed by atoms with Crippen molar-refractivity contribution in [1.29, 1.82) is 0 Å². The quantitative estimate of drug-likeness (QED) is 0.152. The lowest BCUT2D eigenvalue weighted by atomic mass is 9.71. The van der Waals surface area contributed by atoms with E-state index in [9.17, 15) is 9.59 Å². The monoisotopic (exact) mass is 574 g/mol. The van der Waals surface area contributed by atoms with E-state index in [1.165, 1.54) is 0 Å². The second-order valence-electron chi connectivity index (χ2n) is 10.7.